The van der Waals surface area contributed by atoms with Crippen molar-refractivity contribution in [2.45, 2.75) is 45.9 Å². The van der Waals surface area contributed by atoms with E-state index in [4.69, 9.17) is 9.47 Å². The molecule has 0 amide bonds. The number of nitrogens with zero attached hydrogens (tertiary/aromatic N) is 1. The van der Waals surface area contributed by atoms with Crippen molar-refractivity contribution in [2.24, 2.45) is 0 Å². The Hall–Kier alpha value is -2.14. The minimum atomic E-state index is -1.22. The van der Waals surface area contributed by atoms with E-state index in [1.807, 2.05) is 24.3 Å². The molecule has 1 aromatic carbocycles. The van der Waals surface area contributed by atoms with Crippen LogP contribution in [-0.4, -0.2) is 36.2 Å². The number of cyclic esters (lactones) is 2. The number of esters is 2. The molecule has 1 aliphatic heterocycles. The van der Waals surface area contributed by atoms with E-state index >= 15 is 0 Å². The van der Waals surface area contributed by atoms with Crippen LogP contribution in [0.2, 0.25) is 0 Å². The van der Waals surface area contributed by atoms with Gasteiger partial charge in [-0.2, -0.15) is 0 Å². The van der Waals surface area contributed by atoms with Gasteiger partial charge in [-0.15, -0.1) is 0 Å². The number of carbonyl (C=O) groups excluding carboxylic acids is 2. The topological polar surface area (TPSA) is 55.8 Å². The minimum absolute atomic E-state index is 0.0713. The Bertz CT molecular complexity index is 627. The van der Waals surface area contributed by atoms with Crippen LogP contribution in [0.5, 0.6) is 0 Å². The van der Waals surface area contributed by atoms with E-state index in [9.17, 15) is 9.59 Å². The molecular formula is C19H25NO4. The van der Waals surface area contributed by atoms with E-state index in [0.717, 1.165) is 37.1 Å². The van der Waals surface area contributed by atoms with Crippen molar-refractivity contribution in [3.05, 3.63) is 41.0 Å². The van der Waals surface area contributed by atoms with Gasteiger partial charge < -0.3 is 14.4 Å². The van der Waals surface area contributed by atoms with E-state index in [-0.39, 0.29) is 5.57 Å². The highest BCUT2D eigenvalue weighted by Gasteiger charge is 2.38. The quantitative estimate of drug-likeness (QED) is 0.455. The normalized spacial score (nSPS) is 16.8. The summed E-state index contributed by atoms with van der Waals surface area (Å²) in [6.45, 7) is 6.98. The van der Waals surface area contributed by atoms with Gasteiger partial charge in [0.15, 0.2) is 0 Å². The fraction of sp³-hybridized carbons (Fsp3) is 0.474. The van der Waals surface area contributed by atoms with E-state index in [1.54, 1.807) is 6.08 Å². The molecule has 0 radical (unpaired) electrons. The van der Waals surface area contributed by atoms with Crippen molar-refractivity contribution in [3.63, 3.8) is 0 Å². The van der Waals surface area contributed by atoms with Gasteiger partial charge in [-0.1, -0.05) is 37.6 Å². The van der Waals surface area contributed by atoms with Gasteiger partial charge in [-0.05, 0) is 37.2 Å². The molecule has 0 aliphatic carbocycles. The summed E-state index contributed by atoms with van der Waals surface area (Å²) in [6, 6.07) is 7.71. The van der Waals surface area contributed by atoms with E-state index in [0.29, 0.717) is 0 Å². The zero-order valence-electron chi connectivity index (χ0n) is 14.8. The largest absolute Gasteiger partial charge is 0.419 e. The summed E-state index contributed by atoms with van der Waals surface area (Å²) in [5.74, 6) is -2.51. The molecule has 5 nitrogen and oxygen atoms in total. The van der Waals surface area contributed by atoms with Crippen molar-refractivity contribution in [1.82, 2.24) is 4.90 Å². The third-order valence-electron chi connectivity index (χ3n) is 3.81. The average Bonchev–Trinajstić information content (AvgIpc) is 2.49. The van der Waals surface area contributed by atoms with E-state index in [1.165, 1.54) is 13.8 Å². The zero-order chi connectivity index (χ0) is 17.7. The molecular weight excluding hydrogens is 306 g/mol. The molecule has 1 aromatic rings. The number of rotatable bonds is 6. The van der Waals surface area contributed by atoms with E-state index < -0.39 is 17.7 Å². The van der Waals surface area contributed by atoms with Gasteiger partial charge in [0.1, 0.15) is 5.57 Å². The number of benzene rings is 1. The van der Waals surface area contributed by atoms with Crippen LogP contribution in [0.1, 0.15) is 44.7 Å². The van der Waals surface area contributed by atoms with Crippen LogP contribution in [0.25, 0.3) is 6.08 Å². The van der Waals surface area contributed by atoms with Crippen LogP contribution in [-0.2, 0) is 25.6 Å². The second kappa shape index (κ2) is 7.62. The lowest BCUT2D eigenvalue weighted by atomic mass is 10.0. The van der Waals surface area contributed by atoms with Crippen LogP contribution in [0.3, 0.4) is 0 Å². The van der Waals surface area contributed by atoms with Gasteiger partial charge in [-0.3, -0.25) is 0 Å². The molecule has 1 aliphatic rings. The Balaban J connectivity index is 2.23. The highest BCUT2D eigenvalue weighted by molar-refractivity contribution is 6.18. The molecule has 0 N–H and O–H groups in total. The molecule has 0 aromatic heterocycles. The molecule has 5 heteroatoms. The van der Waals surface area contributed by atoms with Crippen LogP contribution in [0.4, 0.5) is 0 Å². The predicted octanol–water partition coefficient (Wildman–Crippen LogP) is 3.14. The molecule has 0 spiro atoms. The lowest BCUT2D eigenvalue weighted by Crippen LogP contribution is -2.41. The molecule has 24 heavy (non-hydrogen) atoms. The van der Waals surface area contributed by atoms with Crippen LogP contribution in [0.15, 0.2) is 29.8 Å². The Morgan fingerprint density at radius 1 is 1.12 bits per heavy atom. The summed E-state index contributed by atoms with van der Waals surface area (Å²) >= 11 is 0. The standard InChI is InChI=1S/C19H25NO4/c1-5-6-11-20(4)13-15-10-8-7-9-14(15)12-16-17(21)23-19(2,3)24-18(16)22/h7-10,12H,5-6,11,13H2,1-4H3. The van der Waals surface area contributed by atoms with E-state index in [2.05, 4.69) is 18.9 Å². The molecule has 0 saturated carbocycles. The lowest BCUT2D eigenvalue weighted by Gasteiger charge is -2.29. The van der Waals surface area contributed by atoms with Crippen molar-refractivity contribution >= 4 is 18.0 Å². The molecule has 0 bridgehead atoms. The van der Waals surface area contributed by atoms with Crippen molar-refractivity contribution < 1.29 is 19.1 Å². The number of unbranched alkanes of at least 4 members (excludes halogenated alkanes) is 1. The number of carbonyl (C=O) groups is 2. The first-order valence-corrected chi connectivity index (χ1v) is 8.27. The highest BCUT2D eigenvalue weighted by Crippen LogP contribution is 2.25. The molecule has 1 heterocycles. The number of hydrogen-bond acceptors (Lipinski definition) is 5. The summed E-state index contributed by atoms with van der Waals surface area (Å²) in [4.78, 5) is 26.4. The molecule has 2 rings (SSSR count). The Morgan fingerprint density at radius 2 is 1.75 bits per heavy atom. The molecule has 1 saturated heterocycles. The summed E-state index contributed by atoms with van der Waals surface area (Å²) in [5, 5.41) is 0. The highest BCUT2D eigenvalue weighted by atomic mass is 16.7. The Kier molecular flexibility index (Phi) is 5.78. The first-order valence-electron chi connectivity index (χ1n) is 8.27. The summed E-state index contributed by atoms with van der Waals surface area (Å²) < 4.78 is 10.3. The summed E-state index contributed by atoms with van der Waals surface area (Å²) in [7, 11) is 2.06. The molecule has 1 fully saturated rings. The summed E-state index contributed by atoms with van der Waals surface area (Å²) in [6.07, 6.45) is 3.83. The SMILES string of the molecule is CCCCN(C)Cc1ccccc1C=C1C(=O)OC(C)(C)OC1=O. The van der Waals surface area contributed by atoms with Gasteiger partial charge in [-0.25, -0.2) is 9.59 Å². The monoisotopic (exact) mass is 331 g/mol. The van der Waals surface area contributed by atoms with Crippen molar-refractivity contribution in [3.8, 4) is 0 Å². The predicted molar refractivity (Wildman–Crippen MR) is 91.9 cm³/mol. The first-order chi connectivity index (χ1) is 11.3. The summed E-state index contributed by atoms with van der Waals surface area (Å²) in [5.41, 5.74) is 1.80. The fourth-order valence-corrected chi connectivity index (χ4v) is 2.55. The fourth-order valence-electron chi connectivity index (χ4n) is 2.55. The van der Waals surface area contributed by atoms with Gasteiger partial charge in [0, 0.05) is 20.4 Å². The number of hydrogen-bond donors (Lipinski definition) is 0. The van der Waals surface area contributed by atoms with Gasteiger partial charge >= 0.3 is 11.9 Å². The molecule has 130 valence electrons. The maximum atomic E-state index is 12.1. The van der Waals surface area contributed by atoms with Crippen LogP contribution >= 0.6 is 0 Å². The Morgan fingerprint density at radius 3 is 2.38 bits per heavy atom. The van der Waals surface area contributed by atoms with Gasteiger partial charge in [0.05, 0.1) is 0 Å². The average molecular weight is 331 g/mol. The lowest BCUT2D eigenvalue weighted by molar-refractivity contribution is -0.222. The zero-order valence-corrected chi connectivity index (χ0v) is 14.8. The maximum Gasteiger partial charge on any atom is 0.348 e. The third kappa shape index (κ3) is 4.68. The molecule has 0 unspecified atom stereocenters. The second-order valence-electron chi connectivity index (χ2n) is 6.53. The first kappa shape index (κ1) is 18.2. The maximum absolute atomic E-state index is 12.1. The van der Waals surface area contributed by atoms with Crippen LogP contribution in [0, 0.1) is 0 Å². The Labute approximate surface area is 143 Å². The van der Waals surface area contributed by atoms with Crippen LogP contribution < -0.4 is 0 Å². The van der Waals surface area contributed by atoms with Gasteiger partial charge in [0.25, 0.3) is 5.79 Å². The minimum Gasteiger partial charge on any atom is -0.419 e. The van der Waals surface area contributed by atoms with Crippen molar-refractivity contribution in [1.29, 1.82) is 0 Å². The second-order valence-corrected chi connectivity index (χ2v) is 6.53. The third-order valence-corrected chi connectivity index (χ3v) is 3.81. The van der Waals surface area contributed by atoms with Crippen molar-refractivity contribution in [2.75, 3.05) is 13.6 Å². The number of ether oxygens (including phenoxy) is 2. The smallest absolute Gasteiger partial charge is 0.348 e. The molecule has 0 atom stereocenters. The van der Waals surface area contributed by atoms with Gasteiger partial charge in [0.2, 0.25) is 0 Å².